The van der Waals surface area contributed by atoms with Gasteiger partial charge in [-0.15, -0.1) is 0 Å². The van der Waals surface area contributed by atoms with E-state index in [4.69, 9.17) is 0 Å². The maximum atomic E-state index is 13.7. The molecule has 0 aliphatic carbocycles. The van der Waals surface area contributed by atoms with E-state index in [1.54, 1.807) is 18.2 Å². The van der Waals surface area contributed by atoms with Crippen LogP contribution < -0.4 is 10.6 Å². The van der Waals surface area contributed by atoms with Crippen molar-refractivity contribution >= 4 is 29.2 Å². The Kier molecular flexibility index (Phi) is 5.26. The van der Waals surface area contributed by atoms with Gasteiger partial charge in [-0.25, -0.2) is 9.37 Å². The van der Waals surface area contributed by atoms with Crippen LogP contribution in [0.25, 0.3) is 0 Å². The van der Waals surface area contributed by atoms with E-state index < -0.39 is 11.6 Å². The summed E-state index contributed by atoms with van der Waals surface area (Å²) in [7, 11) is 0. The summed E-state index contributed by atoms with van der Waals surface area (Å²) in [6.45, 7) is 2.44. The molecule has 1 aromatic heterocycles. The van der Waals surface area contributed by atoms with Crippen LogP contribution >= 0.6 is 11.8 Å². The Labute approximate surface area is 124 Å². The SMILES string of the molecule is CCNc1ncc(F)c(Nc2ccccc2SC(F)F)n1. The predicted octanol–water partition coefficient (Wildman–Crippen LogP) is 4.11. The quantitative estimate of drug-likeness (QED) is 0.786. The van der Waals surface area contributed by atoms with Crippen molar-refractivity contribution in [3.8, 4) is 0 Å². The van der Waals surface area contributed by atoms with Gasteiger partial charge in [0.15, 0.2) is 11.6 Å². The molecule has 112 valence electrons. The normalized spacial score (nSPS) is 10.7. The fraction of sp³-hybridized carbons (Fsp3) is 0.231. The zero-order valence-electron chi connectivity index (χ0n) is 11.1. The minimum atomic E-state index is -2.56. The number of anilines is 3. The fourth-order valence-electron chi connectivity index (χ4n) is 1.59. The number of benzene rings is 1. The zero-order chi connectivity index (χ0) is 15.2. The van der Waals surface area contributed by atoms with Gasteiger partial charge in [0.25, 0.3) is 5.76 Å². The van der Waals surface area contributed by atoms with Gasteiger partial charge in [-0.3, -0.25) is 0 Å². The third-order valence-corrected chi connectivity index (χ3v) is 3.22. The van der Waals surface area contributed by atoms with E-state index in [9.17, 15) is 13.2 Å². The highest BCUT2D eigenvalue weighted by Crippen LogP contribution is 2.33. The maximum Gasteiger partial charge on any atom is 0.288 e. The van der Waals surface area contributed by atoms with Crippen LogP contribution in [0.1, 0.15) is 6.92 Å². The largest absolute Gasteiger partial charge is 0.354 e. The standard InChI is InChI=1S/C13H13F3N4S/c1-2-17-13-18-7-8(14)11(20-13)19-9-5-3-4-6-10(9)21-12(15)16/h3-7,12H,2H2,1H3,(H2,17,18,19,20). The molecule has 0 amide bonds. The Balaban J connectivity index is 2.27. The summed E-state index contributed by atoms with van der Waals surface area (Å²) in [5.74, 6) is -3.02. The van der Waals surface area contributed by atoms with Crippen molar-refractivity contribution in [1.82, 2.24) is 9.97 Å². The van der Waals surface area contributed by atoms with Crippen LogP contribution in [0.2, 0.25) is 0 Å². The first-order chi connectivity index (χ1) is 10.1. The van der Waals surface area contributed by atoms with Gasteiger partial charge in [0.05, 0.1) is 11.9 Å². The molecule has 0 radical (unpaired) electrons. The Bertz CT molecular complexity index is 610. The van der Waals surface area contributed by atoms with Crippen LogP contribution in [-0.4, -0.2) is 22.3 Å². The Morgan fingerprint density at radius 3 is 2.76 bits per heavy atom. The van der Waals surface area contributed by atoms with Gasteiger partial charge >= 0.3 is 0 Å². The average molecular weight is 314 g/mol. The molecule has 1 heterocycles. The third-order valence-electron chi connectivity index (χ3n) is 2.44. The molecular weight excluding hydrogens is 301 g/mol. The van der Waals surface area contributed by atoms with E-state index in [0.29, 0.717) is 28.9 Å². The number of rotatable bonds is 6. The van der Waals surface area contributed by atoms with Gasteiger partial charge in [0.1, 0.15) is 0 Å². The highest BCUT2D eigenvalue weighted by atomic mass is 32.2. The van der Waals surface area contributed by atoms with Crippen molar-refractivity contribution in [3.63, 3.8) is 0 Å². The minimum absolute atomic E-state index is 0.0664. The van der Waals surface area contributed by atoms with Crippen LogP contribution in [0.3, 0.4) is 0 Å². The molecule has 0 unspecified atom stereocenters. The van der Waals surface area contributed by atoms with Crippen molar-refractivity contribution < 1.29 is 13.2 Å². The lowest BCUT2D eigenvalue weighted by Gasteiger charge is -2.12. The van der Waals surface area contributed by atoms with E-state index in [1.807, 2.05) is 6.92 Å². The molecular formula is C13H13F3N4S. The molecule has 0 fully saturated rings. The molecule has 0 spiro atoms. The van der Waals surface area contributed by atoms with Gasteiger partial charge in [-0.2, -0.15) is 13.8 Å². The number of nitrogens with one attached hydrogen (secondary N) is 2. The molecule has 2 rings (SSSR count). The van der Waals surface area contributed by atoms with Crippen LogP contribution in [0.5, 0.6) is 0 Å². The van der Waals surface area contributed by atoms with Gasteiger partial charge < -0.3 is 10.6 Å². The molecule has 0 saturated carbocycles. The molecule has 8 heteroatoms. The number of alkyl halides is 2. The van der Waals surface area contributed by atoms with Gasteiger partial charge in [-0.05, 0) is 19.1 Å². The van der Waals surface area contributed by atoms with Crippen LogP contribution in [-0.2, 0) is 0 Å². The van der Waals surface area contributed by atoms with Crippen molar-refractivity contribution in [2.45, 2.75) is 17.6 Å². The van der Waals surface area contributed by atoms with Crippen LogP contribution in [0.15, 0.2) is 35.4 Å². The lowest BCUT2D eigenvalue weighted by atomic mass is 10.3. The number of hydrogen-bond acceptors (Lipinski definition) is 5. The number of halogens is 3. The number of hydrogen-bond donors (Lipinski definition) is 2. The third kappa shape index (κ3) is 4.25. The molecule has 4 nitrogen and oxygen atoms in total. The second-order valence-corrected chi connectivity index (χ2v) is 4.95. The lowest BCUT2D eigenvalue weighted by Crippen LogP contribution is -2.06. The fourth-order valence-corrected chi connectivity index (χ4v) is 2.19. The molecule has 0 bridgehead atoms. The van der Waals surface area contributed by atoms with Gasteiger partial charge in [0, 0.05) is 11.4 Å². The Hall–Kier alpha value is -1.96. The van der Waals surface area contributed by atoms with Crippen molar-refractivity contribution in [2.75, 3.05) is 17.2 Å². The Morgan fingerprint density at radius 2 is 2.05 bits per heavy atom. The first-order valence-corrected chi connectivity index (χ1v) is 7.05. The summed E-state index contributed by atoms with van der Waals surface area (Å²) in [6, 6.07) is 6.42. The number of nitrogens with zero attached hydrogens (tertiary/aromatic N) is 2. The van der Waals surface area contributed by atoms with E-state index in [-0.39, 0.29) is 11.8 Å². The van der Waals surface area contributed by atoms with E-state index in [2.05, 4.69) is 20.6 Å². The first-order valence-electron chi connectivity index (χ1n) is 6.17. The second kappa shape index (κ2) is 7.16. The first kappa shape index (κ1) is 15.4. The van der Waals surface area contributed by atoms with Crippen molar-refractivity contribution in [3.05, 3.63) is 36.3 Å². The zero-order valence-corrected chi connectivity index (χ0v) is 11.9. The number of para-hydroxylation sites is 1. The maximum absolute atomic E-state index is 13.7. The summed E-state index contributed by atoms with van der Waals surface area (Å²) < 4.78 is 38.7. The number of thioether (sulfide) groups is 1. The van der Waals surface area contributed by atoms with Gasteiger partial charge in [-0.1, -0.05) is 23.9 Å². The molecule has 1 aromatic carbocycles. The average Bonchev–Trinajstić information content (AvgIpc) is 2.44. The van der Waals surface area contributed by atoms with Crippen molar-refractivity contribution in [1.29, 1.82) is 0 Å². The smallest absolute Gasteiger partial charge is 0.288 e. The van der Waals surface area contributed by atoms with E-state index in [0.717, 1.165) is 6.20 Å². The monoisotopic (exact) mass is 314 g/mol. The van der Waals surface area contributed by atoms with E-state index in [1.165, 1.54) is 6.07 Å². The number of aromatic nitrogens is 2. The van der Waals surface area contributed by atoms with Gasteiger partial charge in [0.2, 0.25) is 5.95 Å². The molecule has 21 heavy (non-hydrogen) atoms. The van der Waals surface area contributed by atoms with E-state index >= 15 is 0 Å². The topological polar surface area (TPSA) is 49.8 Å². The van der Waals surface area contributed by atoms with Crippen molar-refractivity contribution in [2.24, 2.45) is 0 Å². The summed E-state index contributed by atoms with van der Waals surface area (Å²) in [5.41, 5.74) is 0.364. The second-order valence-electron chi connectivity index (χ2n) is 3.92. The summed E-state index contributed by atoms with van der Waals surface area (Å²) >= 11 is 0.387. The van der Waals surface area contributed by atoms with Crippen LogP contribution in [0, 0.1) is 5.82 Å². The summed E-state index contributed by atoms with van der Waals surface area (Å²) in [4.78, 5) is 8.07. The molecule has 2 aromatic rings. The molecule has 2 N–H and O–H groups in total. The summed E-state index contributed by atoms with van der Waals surface area (Å²) in [6.07, 6.45) is 1.02. The minimum Gasteiger partial charge on any atom is -0.354 e. The summed E-state index contributed by atoms with van der Waals surface area (Å²) in [5, 5.41) is 5.58. The highest BCUT2D eigenvalue weighted by molar-refractivity contribution is 7.99. The highest BCUT2D eigenvalue weighted by Gasteiger charge is 2.12. The van der Waals surface area contributed by atoms with Crippen LogP contribution in [0.4, 0.5) is 30.6 Å². The molecule has 0 aliphatic rings. The Morgan fingerprint density at radius 1 is 1.29 bits per heavy atom. The lowest BCUT2D eigenvalue weighted by molar-refractivity contribution is 0.252. The molecule has 0 aliphatic heterocycles. The molecule has 0 atom stereocenters. The molecule has 0 saturated heterocycles. The predicted molar refractivity (Wildman–Crippen MR) is 77.7 cm³/mol.